The quantitative estimate of drug-likeness (QED) is 0.899. The van der Waals surface area contributed by atoms with Crippen molar-refractivity contribution in [1.29, 1.82) is 0 Å². The summed E-state index contributed by atoms with van der Waals surface area (Å²) in [5.41, 5.74) is -0.309. The van der Waals surface area contributed by atoms with E-state index in [1.54, 1.807) is 6.07 Å². The Balaban J connectivity index is 1.78. The standard InChI is InChI=1S/C18H20FN3O4/c1-9(2)14-13-11(7-12(10-3-4-10)20-15(13)26-21-14)16(23)22-6-5-18(19,8-22)17(24)25/h7,9-10H,3-6,8H2,1-2H3,(H,24,25). The highest BCUT2D eigenvalue weighted by Crippen LogP contribution is 2.41. The molecule has 138 valence electrons. The maximum absolute atomic E-state index is 14.4. The Bertz CT molecular complexity index is 905. The minimum atomic E-state index is -2.39. The number of hydrogen-bond donors (Lipinski definition) is 1. The molecule has 1 aliphatic carbocycles. The van der Waals surface area contributed by atoms with Crippen LogP contribution in [0, 0.1) is 0 Å². The smallest absolute Gasteiger partial charge is 0.343 e. The van der Waals surface area contributed by atoms with Crippen molar-refractivity contribution < 1.29 is 23.6 Å². The van der Waals surface area contributed by atoms with Gasteiger partial charge in [-0.05, 0) is 24.8 Å². The Morgan fingerprint density at radius 2 is 2.15 bits per heavy atom. The Morgan fingerprint density at radius 3 is 2.73 bits per heavy atom. The van der Waals surface area contributed by atoms with Crippen LogP contribution in [0.1, 0.15) is 66.7 Å². The first kappa shape index (κ1) is 16.9. The minimum Gasteiger partial charge on any atom is -0.479 e. The van der Waals surface area contributed by atoms with E-state index in [1.807, 2.05) is 13.8 Å². The zero-order valence-electron chi connectivity index (χ0n) is 14.7. The zero-order valence-corrected chi connectivity index (χ0v) is 14.7. The number of aromatic nitrogens is 2. The Kier molecular flexibility index (Phi) is 3.75. The SMILES string of the molecule is CC(C)c1noc2nc(C3CC3)cc(C(=O)N3CCC(F)(C(=O)O)C3)c12. The van der Waals surface area contributed by atoms with Gasteiger partial charge in [-0.1, -0.05) is 19.0 Å². The second-order valence-electron chi connectivity index (χ2n) is 7.52. The normalized spacial score (nSPS) is 23.2. The number of hydrogen-bond acceptors (Lipinski definition) is 5. The van der Waals surface area contributed by atoms with Crippen molar-refractivity contribution in [1.82, 2.24) is 15.0 Å². The molecule has 1 saturated carbocycles. The van der Waals surface area contributed by atoms with Gasteiger partial charge in [-0.15, -0.1) is 0 Å². The van der Waals surface area contributed by atoms with E-state index in [1.165, 1.54) is 4.90 Å². The number of carboxylic acid groups (broad SMARTS) is 1. The first-order valence-corrected chi connectivity index (χ1v) is 8.82. The molecule has 7 nitrogen and oxygen atoms in total. The predicted octanol–water partition coefficient (Wildman–Crippen LogP) is 2.86. The van der Waals surface area contributed by atoms with E-state index in [-0.39, 0.29) is 18.9 Å². The second kappa shape index (κ2) is 5.75. The summed E-state index contributed by atoms with van der Waals surface area (Å²) in [4.78, 5) is 30.0. The lowest BCUT2D eigenvalue weighted by Gasteiger charge is -2.18. The summed E-state index contributed by atoms with van der Waals surface area (Å²) in [6.45, 7) is 3.49. The van der Waals surface area contributed by atoms with E-state index < -0.39 is 24.1 Å². The summed E-state index contributed by atoms with van der Waals surface area (Å²) in [7, 11) is 0. The lowest BCUT2D eigenvalue weighted by Crippen LogP contribution is -2.39. The number of carbonyl (C=O) groups excluding carboxylic acids is 1. The molecular formula is C18H20FN3O4. The Hall–Kier alpha value is -2.51. The molecular weight excluding hydrogens is 341 g/mol. The number of nitrogens with zero attached hydrogens (tertiary/aromatic N) is 3. The van der Waals surface area contributed by atoms with Crippen molar-refractivity contribution in [2.24, 2.45) is 0 Å². The monoisotopic (exact) mass is 361 g/mol. The van der Waals surface area contributed by atoms with Gasteiger partial charge in [0.25, 0.3) is 11.6 Å². The minimum absolute atomic E-state index is 0.0224. The van der Waals surface area contributed by atoms with Crippen molar-refractivity contribution >= 4 is 23.0 Å². The molecule has 0 spiro atoms. The van der Waals surface area contributed by atoms with E-state index in [9.17, 15) is 14.0 Å². The van der Waals surface area contributed by atoms with E-state index in [0.717, 1.165) is 18.5 Å². The lowest BCUT2D eigenvalue weighted by atomic mass is 10.0. The molecule has 1 N–H and O–H groups in total. The Morgan fingerprint density at radius 1 is 1.42 bits per heavy atom. The van der Waals surface area contributed by atoms with Gasteiger partial charge in [0.05, 0.1) is 23.2 Å². The van der Waals surface area contributed by atoms with Crippen molar-refractivity contribution in [2.45, 2.75) is 50.6 Å². The number of rotatable bonds is 4. The van der Waals surface area contributed by atoms with E-state index >= 15 is 0 Å². The van der Waals surface area contributed by atoms with Crippen LogP contribution in [0.4, 0.5) is 4.39 Å². The highest BCUT2D eigenvalue weighted by molar-refractivity contribution is 6.06. The van der Waals surface area contributed by atoms with Gasteiger partial charge in [-0.2, -0.15) is 0 Å². The molecule has 2 aromatic heterocycles. The summed E-state index contributed by atoms with van der Waals surface area (Å²) in [6.07, 6.45) is 1.81. The first-order chi connectivity index (χ1) is 12.3. The average Bonchev–Trinajstić information content (AvgIpc) is 3.23. The first-order valence-electron chi connectivity index (χ1n) is 8.82. The van der Waals surface area contributed by atoms with Crippen LogP contribution in [0.25, 0.3) is 11.1 Å². The number of aliphatic carboxylic acids is 1. The largest absolute Gasteiger partial charge is 0.479 e. The van der Waals surface area contributed by atoms with Crippen LogP contribution >= 0.6 is 0 Å². The van der Waals surface area contributed by atoms with Gasteiger partial charge in [0.15, 0.2) is 0 Å². The number of amides is 1. The molecule has 1 atom stereocenters. The zero-order chi connectivity index (χ0) is 18.6. The molecule has 2 aliphatic rings. The number of alkyl halides is 1. The Labute approximate surface area is 149 Å². The van der Waals surface area contributed by atoms with Gasteiger partial charge in [-0.25, -0.2) is 14.2 Å². The molecule has 1 aliphatic heterocycles. The van der Waals surface area contributed by atoms with E-state index in [0.29, 0.717) is 28.3 Å². The van der Waals surface area contributed by atoms with Crippen LogP contribution in [0.3, 0.4) is 0 Å². The van der Waals surface area contributed by atoms with Crippen LogP contribution < -0.4 is 0 Å². The molecule has 8 heteroatoms. The fourth-order valence-electron chi connectivity index (χ4n) is 3.43. The van der Waals surface area contributed by atoms with Crippen molar-refractivity contribution in [3.63, 3.8) is 0 Å². The molecule has 26 heavy (non-hydrogen) atoms. The number of halogens is 1. The maximum Gasteiger partial charge on any atom is 0.343 e. The van der Waals surface area contributed by atoms with Gasteiger partial charge in [0.2, 0.25) is 5.67 Å². The lowest BCUT2D eigenvalue weighted by molar-refractivity contribution is -0.149. The summed E-state index contributed by atoms with van der Waals surface area (Å²) in [5.74, 6) is -1.60. The summed E-state index contributed by atoms with van der Waals surface area (Å²) in [5, 5.41) is 13.7. The average molecular weight is 361 g/mol. The molecule has 0 radical (unpaired) electrons. The van der Waals surface area contributed by atoms with Crippen LogP contribution in [0.2, 0.25) is 0 Å². The third-order valence-corrected chi connectivity index (χ3v) is 5.16. The number of fused-ring (bicyclic) bond motifs is 1. The topological polar surface area (TPSA) is 96.5 Å². The fourth-order valence-corrected chi connectivity index (χ4v) is 3.43. The summed E-state index contributed by atoms with van der Waals surface area (Å²) < 4.78 is 19.8. The molecule has 3 heterocycles. The third-order valence-electron chi connectivity index (χ3n) is 5.16. The van der Waals surface area contributed by atoms with Crippen LogP contribution in [0.5, 0.6) is 0 Å². The van der Waals surface area contributed by atoms with Crippen molar-refractivity contribution in [3.05, 3.63) is 23.0 Å². The summed E-state index contributed by atoms with van der Waals surface area (Å²) >= 11 is 0. The van der Waals surface area contributed by atoms with Crippen LogP contribution in [0.15, 0.2) is 10.6 Å². The molecule has 0 bridgehead atoms. The van der Waals surface area contributed by atoms with Gasteiger partial charge >= 0.3 is 5.97 Å². The fraction of sp³-hybridized carbons (Fsp3) is 0.556. The molecule has 1 unspecified atom stereocenters. The third kappa shape index (κ3) is 2.64. The van der Waals surface area contributed by atoms with E-state index in [2.05, 4.69) is 10.1 Å². The number of carbonyl (C=O) groups is 2. The van der Waals surface area contributed by atoms with Crippen LogP contribution in [-0.2, 0) is 4.79 Å². The molecule has 4 rings (SSSR count). The molecule has 2 aromatic rings. The van der Waals surface area contributed by atoms with E-state index in [4.69, 9.17) is 9.63 Å². The number of carboxylic acids is 1. The van der Waals surface area contributed by atoms with Crippen molar-refractivity contribution in [2.75, 3.05) is 13.1 Å². The highest BCUT2D eigenvalue weighted by atomic mass is 19.1. The molecule has 1 saturated heterocycles. The summed E-state index contributed by atoms with van der Waals surface area (Å²) in [6, 6.07) is 1.74. The van der Waals surface area contributed by atoms with Gasteiger partial charge < -0.3 is 14.5 Å². The highest BCUT2D eigenvalue weighted by Gasteiger charge is 2.47. The molecule has 1 amide bonds. The maximum atomic E-state index is 14.4. The van der Waals surface area contributed by atoms with Gasteiger partial charge in [0, 0.05) is 24.6 Å². The molecule has 2 fully saturated rings. The van der Waals surface area contributed by atoms with Crippen LogP contribution in [-0.4, -0.2) is 50.8 Å². The number of pyridine rings is 1. The second-order valence-corrected chi connectivity index (χ2v) is 7.52. The van der Waals surface area contributed by atoms with Gasteiger partial charge in [0.1, 0.15) is 0 Å². The predicted molar refractivity (Wildman–Crippen MR) is 89.9 cm³/mol. The molecule has 0 aromatic carbocycles. The van der Waals surface area contributed by atoms with Gasteiger partial charge in [-0.3, -0.25) is 4.79 Å². The van der Waals surface area contributed by atoms with Crippen molar-refractivity contribution in [3.8, 4) is 0 Å². The number of likely N-dealkylation sites (tertiary alicyclic amines) is 1.